The van der Waals surface area contributed by atoms with Gasteiger partial charge in [-0.2, -0.15) is 0 Å². The van der Waals surface area contributed by atoms with Gasteiger partial charge in [-0.3, -0.25) is 0 Å². The molecule has 0 unspecified atom stereocenters. The summed E-state index contributed by atoms with van der Waals surface area (Å²) in [4.78, 5) is 11.7. The molecule has 1 aromatic carbocycles. The van der Waals surface area contributed by atoms with E-state index in [4.69, 9.17) is 9.47 Å². The van der Waals surface area contributed by atoms with Crippen LogP contribution in [-0.4, -0.2) is 31.3 Å². The maximum Gasteiger partial charge on any atom is 0.339 e. The number of aromatic nitrogens is 1. The van der Waals surface area contributed by atoms with E-state index in [0.29, 0.717) is 5.56 Å². The zero-order valence-corrected chi connectivity index (χ0v) is 11.5. The van der Waals surface area contributed by atoms with E-state index < -0.39 is 0 Å². The second-order valence-electron chi connectivity index (χ2n) is 4.61. The summed E-state index contributed by atoms with van der Waals surface area (Å²) in [5, 5.41) is 3.38. The predicted molar refractivity (Wildman–Crippen MR) is 76.2 cm³/mol. The van der Waals surface area contributed by atoms with Gasteiger partial charge in [-0.05, 0) is 18.2 Å². The van der Waals surface area contributed by atoms with Crippen LogP contribution in [0.5, 0.6) is 5.75 Å². The summed E-state index contributed by atoms with van der Waals surface area (Å²) in [7, 11) is 3.04. The van der Waals surface area contributed by atoms with Crippen LogP contribution in [0.3, 0.4) is 0 Å². The minimum absolute atomic E-state index is 0.324. The fourth-order valence-corrected chi connectivity index (χ4v) is 2.56. The van der Waals surface area contributed by atoms with E-state index in [-0.39, 0.29) is 5.97 Å². The van der Waals surface area contributed by atoms with Crippen molar-refractivity contribution in [1.82, 2.24) is 4.57 Å². The molecule has 2 heterocycles. The molecule has 5 heteroatoms. The van der Waals surface area contributed by atoms with Gasteiger partial charge in [0.05, 0.1) is 31.0 Å². The first kappa shape index (κ1) is 12.6. The third-order valence-electron chi connectivity index (χ3n) is 3.49. The first-order valence-electron chi connectivity index (χ1n) is 6.44. The van der Waals surface area contributed by atoms with Crippen molar-refractivity contribution >= 4 is 11.7 Å². The van der Waals surface area contributed by atoms with Crippen LogP contribution in [0.2, 0.25) is 0 Å². The van der Waals surface area contributed by atoms with Crippen LogP contribution in [0.15, 0.2) is 30.5 Å². The highest BCUT2D eigenvalue weighted by Gasteiger charge is 2.21. The molecule has 0 saturated carbocycles. The van der Waals surface area contributed by atoms with E-state index in [1.165, 1.54) is 7.11 Å². The van der Waals surface area contributed by atoms with Gasteiger partial charge in [-0.25, -0.2) is 4.79 Å². The van der Waals surface area contributed by atoms with Crippen LogP contribution >= 0.6 is 0 Å². The Hall–Kier alpha value is -2.43. The van der Waals surface area contributed by atoms with Gasteiger partial charge in [0.1, 0.15) is 5.75 Å². The molecule has 104 valence electrons. The summed E-state index contributed by atoms with van der Waals surface area (Å²) >= 11 is 0. The molecule has 0 spiro atoms. The van der Waals surface area contributed by atoms with Gasteiger partial charge in [-0.1, -0.05) is 6.07 Å². The predicted octanol–water partition coefficient (Wildman–Crippen LogP) is 2.38. The highest BCUT2D eigenvalue weighted by Crippen LogP contribution is 2.39. The van der Waals surface area contributed by atoms with Gasteiger partial charge in [0, 0.05) is 25.0 Å². The monoisotopic (exact) mass is 272 g/mol. The van der Waals surface area contributed by atoms with E-state index in [9.17, 15) is 4.79 Å². The fraction of sp³-hybridized carbons (Fsp3) is 0.267. The summed E-state index contributed by atoms with van der Waals surface area (Å²) in [6, 6.07) is 7.73. The van der Waals surface area contributed by atoms with Crippen LogP contribution in [0.25, 0.3) is 11.3 Å². The molecule has 0 fully saturated rings. The number of hydrogen-bond donors (Lipinski definition) is 1. The average Bonchev–Trinajstić information content (AvgIpc) is 2.82. The number of benzene rings is 1. The van der Waals surface area contributed by atoms with Crippen molar-refractivity contribution in [2.24, 2.45) is 0 Å². The summed E-state index contributed by atoms with van der Waals surface area (Å²) in [6.45, 7) is 1.58. The lowest BCUT2D eigenvalue weighted by molar-refractivity contribution is 0.0600. The van der Waals surface area contributed by atoms with Gasteiger partial charge in [-0.15, -0.1) is 0 Å². The number of anilines is 1. The maximum atomic E-state index is 11.7. The molecular weight excluding hydrogens is 256 g/mol. The van der Waals surface area contributed by atoms with Gasteiger partial charge >= 0.3 is 5.97 Å². The maximum absolute atomic E-state index is 11.7. The van der Waals surface area contributed by atoms with Crippen molar-refractivity contribution in [1.29, 1.82) is 0 Å². The minimum atomic E-state index is -0.324. The lowest BCUT2D eigenvalue weighted by Gasteiger charge is -2.12. The van der Waals surface area contributed by atoms with E-state index in [2.05, 4.69) is 5.32 Å². The van der Waals surface area contributed by atoms with Crippen molar-refractivity contribution < 1.29 is 14.3 Å². The number of nitrogens with one attached hydrogen (secondary N) is 1. The van der Waals surface area contributed by atoms with E-state index in [1.54, 1.807) is 7.11 Å². The van der Waals surface area contributed by atoms with Crippen molar-refractivity contribution in [3.63, 3.8) is 0 Å². The number of fused-ring (bicyclic) bond motifs is 3. The molecule has 1 aliphatic rings. The summed E-state index contributed by atoms with van der Waals surface area (Å²) < 4.78 is 12.3. The molecule has 2 aromatic rings. The first-order chi connectivity index (χ1) is 9.74. The van der Waals surface area contributed by atoms with Crippen molar-refractivity contribution in [2.45, 2.75) is 6.54 Å². The Labute approximate surface area is 117 Å². The van der Waals surface area contributed by atoms with Crippen LogP contribution in [-0.2, 0) is 11.3 Å². The number of carbonyl (C=O) groups excluding carboxylic acids is 1. The molecule has 0 saturated heterocycles. The van der Waals surface area contributed by atoms with Crippen molar-refractivity contribution in [3.05, 3.63) is 36.0 Å². The third kappa shape index (κ3) is 1.91. The van der Waals surface area contributed by atoms with E-state index >= 15 is 0 Å². The molecule has 0 radical (unpaired) electrons. The molecule has 0 atom stereocenters. The van der Waals surface area contributed by atoms with Crippen LogP contribution in [0.4, 0.5) is 5.69 Å². The highest BCUT2D eigenvalue weighted by molar-refractivity contribution is 5.93. The number of methoxy groups -OCH3 is 2. The van der Waals surface area contributed by atoms with Crippen molar-refractivity contribution in [2.75, 3.05) is 26.1 Å². The number of esters is 1. The SMILES string of the molecule is COC(=O)c1cc2n(c1)CCNc1cccc(OC)c1-2. The zero-order valence-electron chi connectivity index (χ0n) is 11.5. The lowest BCUT2D eigenvalue weighted by atomic mass is 10.1. The van der Waals surface area contributed by atoms with Gasteiger partial charge in [0.15, 0.2) is 0 Å². The fourth-order valence-electron chi connectivity index (χ4n) is 2.56. The number of hydrogen-bond acceptors (Lipinski definition) is 4. The number of carbonyl (C=O) groups is 1. The molecule has 20 heavy (non-hydrogen) atoms. The van der Waals surface area contributed by atoms with E-state index in [0.717, 1.165) is 35.8 Å². The molecule has 5 nitrogen and oxygen atoms in total. The van der Waals surface area contributed by atoms with Gasteiger partial charge in [0.25, 0.3) is 0 Å². The molecular formula is C15H16N2O3. The highest BCUT2D eigenvalue weighted by atomic mass is 16.5. The Kier molecular flexibility index (Phi) is 3.10. The zero-order chi connectivity index (χ0) is 14.1. The van der Waals surface area contributed by atoms with Gasteiger partial charge in [0.2, 0.25) is 0 Å². The van der Waals surface area contributed by atoms with Crippen LogP contribution in [0.1, 0.15) is 10.4 Å². The summed E-state index contributed by atoms with van der Waals surface area (Å²) in [5.41, 5.74) is 3.50. The minimum Gasteiger partial charge on any atom is -0.496 e. The quantitative estimate of drug-likeness (QED) is 0.853. The average molecular weight is 272 g/mol. The second-order valence-corrected chi connectivity index (χ2v) is 4.61. The second kappa shape index (κ2) is 4.92. The Bertz CT molecular complexity index is 661. The van der Waals surface area contributed by atoms with Gasteiger partial charge < -0.3 is 19.4 Å². The molecule has 1 aliphatic heterocycles. The van der Waals surface area contributed by atoms with E-state index in [1.807, 2.05) is 35.0 Å². The lowest BCUT2D eigenvalue weighted by Crippen LogP contribution is -2.07. The molecule has 3 rings (SSSR count). The first-order valence-corrected chi connectivity index (χ1v) is 6.44. The Balaban J connectivity index is 2.20. The normalized spacial score (nSPS) is 12.7. The van der Waals surface area contributed by atoms with Crippen molar-refractivity contribution in [3.8, 4) is 17.0 Å². The largest absolute Gasteiger partial charge is 0.496 e. The van der Waals surface area contributed by atoms with Crippen LogP contribution in [0, 0.1) is 0 Å². The summed E-state index contributed by atoms with van der Waals surface area (Å²) in [6.07, 6.45) is 1.82. The molecule has 1 aromatic heterocycles. The Morgan fingerprint density at radius 3 is 2.95 bits per heavy atom. The third-order valence-corrected chi connectivity index (χ3v) is 3.49. The number of rotatable bonds is 2. The standard InChI is InChI=1S/C15H16N2O3/c1-19-13-5-3-4-11-14(13)12-8-10(15(18)20-2)9-17(12)7-6-16-11/h3-5,8-9,16H,6-7H2,1-2H3. The molecule has 0 bridgehead atoms. The molecule has 0 amide bonds. The van der Waals surface area contributed by atoms with Crippen LogP contribution < -0.4 is 10.1 Å². The topological polar surface area (TPSA) is 52.5 Å². The molecule has 0 aliphatic carbocycles. The summed E-state index contributed by atoms with van der Waals surface area (Å²) in [5.74, 6) is 0.461. The Morgan fingerprint density at radius 2 is 2.20 bits per heavy atom. The number of ether oxygens (including phenoxy) is 2. The smallest absolute Gasteiger partial charge is 0.339 e. The Morgan fingerprint density at radius 1 is 1.35 bits per heavy atom. The molecule has 1 N–H and O–H groups in total. The number of nitrogens with zero attached hydrogens (tertiary/aromatic N) is 1.